The van der Waals surface area contributed by atoms with Gasteiger partial charge in [-0.05, 0) is 44.2 Å². The Morgan fingerprint density at radius 3 is 3.05 bits per heavy atom. The molecule has 1 aromatic rings. The summed E-state index contributed by atoms with van der Waals surface area (Å²) in [5.74, 6) is 1.10. The van der Waals surface area contributed by atoms with E-state index in [1.165, 1.54) is 29.7 Å². The summed E-state index contributed by atoms with van der Waals surface area (Å²) < 4.78 is 5.61. The molecule has 1 aliphatic heterocycles. The van der Waals surface area contributed by atoms with Crippen molar-refractivity contribution >= 4 is 5.82 Å². The molecule has 0 spiro atoms. The van der Waals surface area contributed by atoms with E-state index in [1.54, 1.807) is 0 Å². The number of ether oxygens (including phenoxy) is 1. The summed E-state index contributed by atoms with van der Waals surface area (Å²) in [4.78, 5) is 7.27. The average molecular weight is 261 g/mol. The minimum absolute atomic E-state index is 0.275. The van der Waals surface area contributed by atoms with Gasteiger partial charge in [0, 0.05) is 30.9 Å². The highest BCUT2D eigenvalue weighted by molar-refractivity contribution is 5.51. The predicted molar refractivity (Wildman–Crippen MR) is 76.4 cm³/mol. The number of aryl methyl sites for hydroxylation is 2. The molecule has 1 atom stereocenters. The highest BCUT2D eigenvalue weighted by atomic mass is 16.5. The van der Waals surface area contributed by atoms with Crippen LogP contribution in [0.25, 0.3) is 0 Å². The molecule has 0 saturated carbocycles. The number of hydrogen-bond donors (Lipinski definition) is 1. The second-order valence-corrected chi connectivity index (χ2v) is 5.62. The number of morpholine rings is 1. The maximum atomic E-state index is 5.93. The zero-order valence-corrected chi connectivity index (χ0v) is 11.7. The van der Waals surface area contributed by atoms with Gasteiger partial charge in [-0.2, -0.15) is 0 Å². The maximum absolute atomic E-state index is 5.93. The third-order valence-corrected chi connectivity index (χ3v) is 4.12. The van der Waals surface area contributed by atoms with E-state index in [9.17, 15) is 0 Å². The van der Waals surface area contributed by atoms with E-state index in [2.05, 4.69) is 17.9 Å². The van der Waals surface area contributed by atoms with Crippen molar-refractivity contribution in [1.82, 2.24) is 4.98 Å². The molecule has 2 aliphatic rings. The molecule has 0 aromatic carbocycles. The van der Waals surface area contributed by atoms with E-state index >= 15 is 0 Å². The first-order valence-corrected chi connectivity index (χ1v) is 7.36. The highest BCUT2D eigenvalue weighted by Gasteiger charge is 2.22. The molecule has 1 fully saturated rings. The molecule has 4 nitrogen and oxygen atoms in total. The third kappa shape index (κ3) is 2.60. The van der Waals surface area contributed by atoms with Crippen molar-refractivity contribution in [3.05, 3.63) is 22.9 Å². The van der Waals surface area contributed by atoms with Crippen LogP contribution in [0.2, 0.25) is 0 Å². The topological polar surface area (TPSA) is 51.4 Å². The average Bonchev–Trinajstić information content (AvgIpc) is 2.46. The van der Waals surface area contributed by atoms with Crippen molar-refractivity contribution in [2.45, 2.75) is 45.3 Å². The van der Waals surface area contributed by atoms with E-state index in [4.69, 9.17) is 15.5 Å². The van der Waals surface area contributed by atoms with Gasteiger partial charge in [-0.1, -0.05) is 0 Å². The summed E-state index contributed by atoms with van der Waals surface area (Å²) in [7, 11) is 0. The quantitative estimate of drug-likeness (QED) is 0.879. The van der Waals surface area contributed by atoms with E-state index in [0.29, 0.717) is 6.54 Å². The van der Waals surface area contributed by atoms with Gasteiger partial charge in [-0.25, -0.2) is 4.98 Å². The van der Waals surface area contributed by atoms with Crippen LogP contribution in [0.1, 0.15) is 36.6 Å². The van der Waals surface area contributed by atoms with Crippen LogP contribution in [-0.2, 0) is 24.1 Å². The molecular formula is C15H23N3O. The van der Waals surface area contributed by atoms with Crippen LogP contribution in [0.5, 0.6) is 0 Å². The van der Waals surface area contributed by atoms with Crippen molar-refractivity contribution in [2.75, 3.05) is 24.6 Å². The molecule has 0 amide bonds. The molecule has 2 heterocycles. The Balaban J connectivity index is 1.94. The van der Waals surface area contributed by atoms with Crippen molar-refractivity contribution in [3.63, 3.8) is 0 Å². The van der Waals surface area contributed by atoms with Gasteiger partial charge in [0.2, 0.25) is 0 Å². The van der Waals surface area contributed by atoms with E-state index < -0.39 is 0 Å². The third-order valence-electron chi connectivity index (χ3n) is 4.12. The Morgan fingerprint density at radius 2 is 2.26 bits per heavy atom. The highest BCUT2D eigenvalue weighted by Crippen LogP contribution is 2.27. The van der Waals surface area contributed by atoms with Gasteiger partial charge in [0.1, 0.15) is 5.82 Å². The summed E-state index contributed by atoms with van der Waals surface area (Å²) in [6.45, 7) is 5.31. The standard InChI is InChI=1S/C15H23N3O/c1-11-10-18(6-7-19-11)15-13(9-16)8-12-4-2-3-5-14(12)17-15/h8,11H,2-7,9-10,16H2,1H3. The summed E-state index contributed by atoms with van der Waals surface area (Å²) in [6, 6.07) is 2.29. The molecule has 1 unspecified atom stereocenters. The van der Waals surface area contributed by atoms with Gasteiger partial charge in [0.25, 0.3) is 0 Å². The Morgan fingerprint density at radius 1 is 1.42 bits per heavy atom. The minimum atomic E-state index is 0.275. The number of anilines is 1. The van der Waals surface area contributed by atoms with Crippen LogP contribution in [0, 0.1) is 0 Å². The predicted octanol–water partition coefficient (Wildman–Crippen LogP) is 1.64. The first kappa shape index (κ1) is 12.9. The molecule has 104 valence electrons. The minimum Gasteiger partial charge on any atom is -0.375 e. The Bertz CT molecular complexity index is 461. The first-order chi connectivity index (χ1) is 9.28. The van der Waals surface area contributed by atoms with Gasteiger partial charge in [0.05, 0.1) is 12.7 Å². The molecule has 4 heteroatoms. The van der Waals surface area contributed by atoms with E-state index in [-0.39, 0.29) is 6.10 Å². The Labute approximate surface area is 115 Å². The van der Waals surface area contributed by atoms with Crippen LogP contribution in [-0.4, -0.2) is 30.8 Å². The SMILES string of the molecule is CC1CN(c2nc3c(cc2CN)CCCC3)CCO1. The number of nitrogens with two attached hydrogens (primary N) is 1. The molecule has 0 bridgehead atoms. The summed E-state index contributed by atoms with van der Waals surface area (Å²) in [5, 5.41) is 0. The van der Waals surface area contributed by atoms with Gasteiger partial charge in [-0.3, -0.25) is 0 Å². The normalized spacial score (nSPS) is 23.3. The van der Waals surface area contributed by atoms with E-state index in [0.717, 1.165) is 38.4 Å². The second kappa shape index (κ2) is 5.47. The number of fused-ring (bicyclic) bond motifs is 1. The maximum Gasteiger partial charge on any atom is 0.133 e. The van der Waals surface area contributed by atoms with Crippen molar-refractivity contribution in [3.8, 4) is 0 Å². The van der Waals surface area contributed by atoms with Gasteiger partial charge in [-0.15, -0.1) is 0 Å². The fourth-order valence-electron chi connectivity index (χ4n) is 3.11. The lowest BCUT2D eigenvalue weighted by Gasteiger charge is -2.34. The fraction of sp³-hybridized carbons (Fsp3) is 0.667. The zero-order valence-electron chi connectivity index (χ0n) is 11.7. The lowest BCUT2D eigenvalue weighted by atomic mass is 9.94. The summed E-state index contributed by atoms with van der Waals surface area (Å²) in [5.41, 5.74) is 9.82. The number of nitrogens with zero attached hydrogens (tertiary/aromatic N) is 2. The molecule has 3 rings (SSSR count). The van der Waals surface area contributed by atoms with Crippen LogP contribution < -0.4 is 10.6 Å². The second-order valence-electron chi connectivity index (χ2n) is 5.62. The van der Waals surface area contributed by atoms with Gasteiger partial charge >= 0.3 is 0 Å². The number of aromatic nitrogens is 1. The molecule has 0 radical (unpaired) electrons. The zero-order chi connectivity index (χ0) is 13.2. The lowest BCUT2D eigenvalue weighted by Crippen LogP contribution is -2.42. The molecule has 1 aliphatic carbocycles. The van der Waals surface area contributed by atoms with Crippen molar-refractivity contribution in [1.29, 1.82) is 0 Å². The summed E-state index contributed by atoms with van der Waals surface area (Å²) >= 11 is 0. The molecule has 1 saturated heterocycles. The number of pyridine rings is 1. The Hall–Kier alpha value is -1.13. The van der Waals surface area contributed by atoms with Gasteiger partial charge in [0.15, 0.2) is 0 Å². The Kier molecular flexibility index (Phi) is 3.71. The van der Waals surface area contributed by atoms with Crippen LogP contribution in [0.3, 0.4) is 0 Å². The van der Waals surface area contributed by atoms with Crippen LogP contribution >= 0.6 is 0 Å². The van der Waals surface area contributed by atoms with Crippen LogP contribution in [0.4, 0.5) is 5.82 Å². The van der Waals surface area contributed by atoms with Gasteiger partial charge < -0.3 is 15.4 Å². The monoisotopic (exact) mass is 261 g/mol. The summed E-state index contributed by atoms with van der Waals surface area (Å²) in [6.07, 6.45) is 5.10. The number of rotatable bonds is 2. The first-order valence-electron chi connectivity index (χ1n) is 7.36. The number of hydrogen-bond acceptors (Lipinski definition) is 4. The smallest absolute Gasteiger partial charge is 0.133 e. The largest absolute Gasteiger partial charge is 0.375 e. The van der Waals surface area contributed by atoms with Crippen molar-refractivity contribution in [2.24, 2.45) is 5.73 Å². The molecular weight excluding hydrogens is 238 g/mol. The van der Waals surface area contributed by atoms with Crippen molar-refractivity contribution < 1.29 is 4.74 Å². The molecule has 19 heavy (non-hydrogen) atoms. The fourth-order valence-corrected chi connectivity index (χ4v) is 3.11. The lowest BCUT2D eigenvalue weighted by molar-refractivity contribution is 0.0528. The van der Waals surface area contributed by atoms with Crippen LogP contribution in [0.15, 0.2) is 6.07 Å². The molecule has 2 N–H and O–H groups in total. The molecule has 1 aromatic heterocycles. The van der Waals surface area contributed by atoms with E-state index in [1.807, 2.05) is 0 Å².